The Morgan fingerprint density at radius 1 is 1.00 bits per heavy atom. The van der Waals surface area contributed by atoms with E-state index in [-0.39, 0.29) is 0 Å². The average Bonchev–Trinajstić information content (AvgIpc) is 2.62. The third kappa shape index (κ3) is 3.48. The van der Waals surface area contributed by atoms with Gasteiger partial charge in [-0.1, -0.05) is 55.8 Å². The van der Waals surface area contributed by atoms with Crippen LogP contribution in [0.4, 0.5) is 5.82 Å². The molecule has 1 aromatic heterocycles. The van der Waals surface area contributed by atoms with E-state index in [9.17, 15) is 0 Å². The van der Waals surface area contributed by atoms with Crippen molar-refractivity contribution in [1.29, 1.82) is 0 Å². The number of aromatic nitrogens is 2. The van der Waals surface area contributed by atoms with E-state index in [1.165, 1.54) is 0 Å². The van der Waals surface area contributed by atoms with Gasteiger partial charge < -0.3 is 9.80 Å². The van der Waals surface area contributed by atoms with Crippen LogP contribution < -0.4 is 4.90 Å². The highest BCUT2D eigenvalue weighted by atomic mass is 35.5. The maximum absolute atomic E-state index is 6.47. The van der Waals surface area contributed by atoms with Gasteiger partial charge in [0, 0.05) is 37.3 Å². The topological polar surface area (TPSA) is 32.3 Å². The van der Waals surface area contributed by atoms with Crippen molar-refractivity contribution in [2.24, 2.45) is 0 Å². The van der Waals surface area contributed by atoms with Crippen LogP contribution in [0.3, 0.4) is 0 Å². The third-order valence-electron chi connectivity index (χ3n) is 4.44. The number of hydrogen-bond acceptors (Lipinski definition) is 4. The molecule has 0 amide bonds. The fraction of sp³-hybridized carbons (Fsp3) is 0.444. The summed E-state index contributed by atoms with van der Waals surface area (Å²) in [6.45, 7) is 9.55. The van der Waals surface area contributed by atoms with Gasteiger partial charge in [-0.2, -0.15) is 0 Å². The second-order valence-corrected chi connectivity index (χ2v) is 6.14. The van der Waals surface area contributed by atoms with Gasteiger partial charge in [-0.05, 0) is 13.0 Å². The van der Waals surface area contributed by atoms with E-state index < -0.39 is 0 Å². The molecule has 2 heterocycles. The smallest absolute Gasteiger partial charge is 0.163 e. The van der Waals surface area contributed by atoms with Crippen molar-refractivity contribution in [2.75, 3.05) is 37.6 Å². The molecular weight excluding hydrogens is 308 g/mol. The first-order valence-corrected chi connectivity index (χ1v) is 8.69. The summed E-state index contributed by atoms with van der Waals surface area (Å²) in [5.74, 6) is 1.71. The molecule has 3 rings (SSSR count). The highest BCUT2D eigenvalue weighted by molar-refractivity contribution is 6.30. The van der Waals surface area contributed by atoms with E-state index in [1.807, 2.05) is 30.3 Å². The Morgan fingerprint density at radius 2 is 1.70 bits per heavy atom. The van der Waals surface area contributed by atoms with Crippen molar-refractivity contribution in [2.45, 2.75) is 20.3 Å². The monoisotopic (exact) mass is 330 g/mol. The van der Waals surface area contributed by atoms with Crippen LogP contribution in [0.2, 0.25) is 5.15 Å². The normalized spacial score (nSPS) is 15.9. The Bertz CT molecular complexity index is 652. The summed E-state index contributed by atoms with van der Waals surface area (Å²) in [6, 6.07) is 10.0. The Balaban J connectivity index is 1.96. The van der Waals surface area contributed by atoms with Gasteiger partial charge in [0.05, 0.1) is 0 Å². The maximum Gasteiger partial charge on any atom is 0.163 e. The van der Waals surface area contributed by atoms with Gasteiger partial charge in [-0.15, -0.1) is 0 Å². The minimum atomic E-state index is 0.578. The van der Waals surface area contributed by atoms with Crippen LogP contribution in [0.1, 0.15) is 19.4 Å². The summed E-state index contributed by atoms with van der Waals surface area (Å²) in [5, 5.41) is 0.578. The second-order valence-electron chi connectivity index (χ2n) is 5.78. The van der Waals surface area contributed by atoms with Crippen LogP contribution in [0.25, 0.3) is 11.4 Å². The minimum absolute atomic E-state index is 0.578. The van der Waals surface area contributed by atoms with Gasteiger partial charge in [0.25, 0.3) is 0 Å². The Kier molecular flexibility index (Phi) is 5.13. The zero-order valence-corrected chi connectivity index (χ0v) is 14.6. The Labute approximate surface area is 143 Å². The first-order valence-electron chi connectivity index (χ1n) is 8.32. The molecule has 1 aliphatic rings. The zero-order chi connectivity index (χ0) is 16.2. The van der Waals surface area contributed by atoms with Crippen LogP contribution in [-0.2, 0) is 6.42 Å². The van der Waals surface area contributed by atoms with Crippen LogP contribution >= 0.6 is 11.6 Å². The zero-order valence-electron chi connectivity index (χ0n) is 13.8. The quantitative estimate of drug-likeness (QED) is 0.803. The lowest BCUT2D eigenvalue weighted by molar-refractivity contribution is 0.270. The molecule has 0 aliphatic carbocycles. The van der Waals surface area contributed by atoms with Crippen LogP contribution in [0.15, 0.2) is 30.3 Å². The van der Waals surface area contributed by atoms with Crippen LogP contribution in [0, 0.1) is 0 Å². The van der Waals surface area contributed by atoms with E-state index in [1.54, 1.807) is 0 Å². The fourth-order valence-corrected chi connectivity index (χ4v) is 3.30. The van der Waals surface area contributed by atoms with Crippen LogP contribution in [-0.4, -0.2) is 47.6 Å². The Morgan fingerprint density at radius 3 is 2.30 bits per heavy atom. The molecule has 5 heteroatoms. The van der Waals surface area contributed by atoms with Crippen molar-refractivity contribution in [3.63, 3.8) is 0 Å². The highest BCUT2D eigenvalue weighted by Crippen LogP contribution is 2.29. The lowest BCUT2D eigenvalue weighted by atomic mass is 10.1. The van der Waals surface area contributed by atoms with E-state index in [0.29, 0.717) is 11.0 Å². The standard InChI is InChI=1S/C18H23ClN4/c1-3-15-16(19)20-17(14-8-6-5-7-9-14)21-18(15)23-12-10-22(4-2)11-13-23/h5-9H,3-4,10-13H2,1-2H3. The maximum atomic E-state index is 6.47. The summed E-state index contributed by atoms with van der Waals surface area (Å²) < 4.78 is 0. The molecule has 0 bridgehead atoms. The number of hydrogen-bond donors (Lipinski definition) is 0. The molecule has 1 saturated heterocycles. The van der Waals surface area contributed by atoms with Crippen LogP contribution in [0.5, 0.6) is 0 Å². The van der Waals surface area contributed by atoms with E-state index in [0.717, 1.165) is 56.1 Å². The minimum Gasteiger partial charge on any atom is -0.354 e. The lowest BCUT2D eigenvalue weighted by Crippen LogP contribution is -2.46. The lowest BCUT2D eigenvalue weighted by Gasteiger charge is -2.35. The summed E-state index contributed by atoms with van der Waals surface area (Å²) >= 11 is 6.47. The number of nitrogens with zero attached hydrogens (tertiary/aromatic N) is 4. The van der Waals surface area contributed by atoms with Gasteiger partial charge in [-0.3, -0.25) is 0 Å². The molecule has 0 atom stereocenters. The molecule has 0 N–H and O–H groups in total. The molecule has 1 aromatic carbocycles. The number of benzene rings is 1. The molecule has 0 spiro atoms. The van der Waals surface area contributed by atoms with Crippen molar-refractivity contribution < 1.29 is 0 Å². The van der Waals surface area contributed by atoms with E-state index in [2.05, 4.69) is 28.6 Å². The summed E-state index contributed by atoms with van der Waals surface area (Å²) in [5.41, 5.74) is 2.06. The summed E-state index contributed by atoms with van der Waals surface area (Å²) in [7, 11) is 0. The number of likely N-dealkylation sites (N-methyl/N-ethyl adjacent to an activating group) is 1. The molecule has 4 nitrogen and oxygen atoms in total. The van der Waals surface area contributed by atoms with Gasteiger partial charge in [0.2, 0.25) is 0 Å². The second kappa shape index (κ2) is 7.28. The fourth-order valence-electron chi connectivity index (χ4n) is 3.00. The van der Waals surface area contributed by atoms with Crippen molar-refractivity contribution in [3.05, 3.63) is 41.0 Å². The molecule has 0 saturated carbocycles. The van der Waals surface area contributed by atoms with Gasteiger partial charge >= 0.3 is 0 Å². The first-order chi connectivity index (χ1) is 11.2. The molecule has 122 valence electrons. The number of piperazine rings is 1. The van der Waals surface area contributed by atoms with Gasteiger partial charge in [0.15, 0.2) is 5.82 Å². The van der Waals surface area contributed by atoms with Gasteiger partial charge in [0.1, 0.15) is 11.0 Å². The van der Waals surface area contributed by atoms with E-state index >= 15 is 0 Å². The molecule has 1 fully saturated rings. The third-order valence-corrected chi connectivity index (χ3v) is 4.75. The van der Waals surface area contributed by atoms with Crippen molar-refractivity contribution in [3.8, 4) is 11.4 Å². The van der Waals surface area contributed by atoms with Crippen molar-refractivity contribution in [1.82, 2.24) is 14.9 Å². The molecule has 0 radical (unpaired) electrons. The number of halogens is 1. The number of rotatable bonds is 4. The molecule has 2 aromatic rings. The van der Waals surface area contributed by atoms with E-state index in [4.69, 9.17) is 16.6 Å². The summed E-state index contributed by atoms with van der Waals surface area (Å²) in [4.78, 5) is 14.2. The predicted octanol–water partition coefficient (Wildman–Crippen LogP) is 3.50. The summed E-state index contributed by atoms with van der Waals surface area (Å²) in [6.07, 6.45) is 0.844. The molecule has 23 heavy (non-hydrogen) atoms. The van der Waals surface area contributed by atoms with Gasteiger partial charge in [-0.25, -0.2) is 9.97 Å². The van der Waals surface area contributed by atoms with Crippen molar-refractivity contribution >= 4 is 17.4 Å². The SMILES string of the molecule is CCc1c(Cl)nc(-c2ccccc2)nc1N1CCN(CC)CC1. The molecule has 0 unspecified atom stereocenters. The number of anilines is 1. The Hall–Kier alpha value is -1.65. The molecule has 1 aliphatic heterocycles. The molecular formula is C18H23ClN4. The first kappa shape index (κ1) is 16.2. The predicted molar refractivity (Wildman–Crippen MR) is 96.2 cm³/mol. The largest absolute Gasteiger partial charge is 0.354 e. The average molecular weight is 331 g/mol. The highest BCUT2D eigenvalue weighted by Gasteiger charge is 2.22.